The van der Waals surface area contributed by atoms with Gasteiger partial charge in [-0.25, -0.2) is 4.98 Å². The molecule has 0 aliphatic carbocycles. The van der Waals surface area contributed by atoms with Gasteiger partial charge < -0.3 is 9.64 Å². The molecule has 0 radical (unpaired) electrons. The van der Waals surface area contributed by atoms with Crippen molar-refractivity contribution in [3.63, 3.8) is 0 Å². The van der Waals surface area contributed by atoms with E-state index in [2.05, 4.69) is 32.5 Å². The average Bonchev–Trinajstić information content (AvgIpc) is 2.10. The molecule has 1 fully saturated rings. The number of anilines is 1. The monoisotopic (exact) mass is 324 g/mol. The molecule has 1 aromatic heterocycles. The summed E-state index contributed by atoms with van der Waals surface area (Å²) in [6.45, 7) is 1.76. The van der Waals surface area contributed by atoms with Crippen LogP contribution in [0.2, 0.25) is 5.02 Å². The Hall–Kier alpha value is -0.0700. The Morgan fingerprint density at radius 2 is 2.36 bits per heavy atom. The van der Waals surface area contributed by atoms with Crippen molar-refractivity contribution in [2.75, 3.05) is 25.1 Å². The molecule has 1 aromatic rings. The summed E-state index contributed by atoms with van der Waals surface area (Å²) in [6, 6.07) is 1.90. The van der Waals surface area contributed by atoms with Gasteiger partial charge in [0.2, 0.25) is 0 Å². The number of nitrogens with zero attached hydrogens (tertiary/aromatic N) is 2. The molecule has 0 amide bonds. The molecule has 76 valence electrons. The number of ether oxygens (including phenoxy) is 1. The van der Waals surface area contributed by atoms with Crippen LogP contribution in [0.15, 0.2) is 12.3 Å². The highest BCUT2D eigenvalue weighted by Crippen LogP contribution is 2.30. The van der Waals surface area contributed by atoms with E-state index in [-0.39, 0.29) is 0 Å². The van der Waals surface area contributed by atoms with Crippen molar-refractivity contribution in [1.82, 2.24) is 4.98 Å². The summed E-state index contributed by atoms with van der Waals surface area (Å²) in [5.74, 6) is 0.867. The Morgan fingerprint density at radius 1 is 1.64 bits per heavy atom. The first-order valence-corrected chi connectivity index (χ1v) is 5.76. The van der Waals surface area contributed by atoms with Gasteiger partial charge in [0.15, 0.2) is 0 Å². The van der Waals surface area contributed by atoms with Crippen LogP contribution in [0.25, 0.3) is 0 Å². The maximum Gasteiger partial charge on any atom is 0.148 e. The molecule has 0 N–H and O–H groups in total. The van der Waals surface area contributed by atoms with Gasteiger partial charge in [0.1, 0.15) is 5.82 Å². The summed E-state index contributed by atoms with van der Waals surface area (Å²) in [6.07, 6.45) is 2.11. The lowest BCUT2D eigenvalue weighted by Crippen LogP contribution is -2.52. The highest BCUT2D eigenvalue weighted by molar-refractivity contribution is 14.1. The van der Waals surface area contributed by atoms with Crippen molar-refractivity contribution in [2.45, 2.75) is 6.10 Å². The van der Waals surface area contributed by atoms with E-state index in [1.54, 1.807) is 13.3 Å². The van der Waals surface area contributed by atoms with Crippen LogP contribution >= 0.6 is 34.2 Å². The Morgan fingerprint density at radius 3 is 3.00 bits per heavy atom. The zero-order valence-electron chi connectivity index (χ0n) is 7.70. The van der Waals surface area contributed by atoms with Crippen molar-refractivity contribution < 1.29 is 4.74 Å². The second kappa shape index (κ2) is 4.20. The van der Waals surface area contributed by atoms with Crippen LogP contribution in [0.3, 0.4) is 0 Å². The van der Waals surface area contributed by atoms with Crippen LogP contribution < -0.4 is 4.90 Å². The molecule has 0 atom stereocenters. The number of hydrogen-bond acceptors (Lipinski definition) is 3. The van der Waals surface area contributed by atoms with E-state index in [4.69, 9.17) is 16.3 Å². The van der Waals surface area contributed by atoms with Gasteiger partial charge in [0.05, 0.1) is 11.1 Å². The van der Waals surface area contributed by atoms with Gasteiger partial charge in [-0.2, -0.15) is 0 Å². The summed E-state index contributed by atoms with van der Waals surface area (Å²) in [5.41, 5.74) is 0. The molecule has 0 bridgehead atoms. The van der Waals surface area contributed by atoms with E-state index in [9.17, 15) is 0 Å². The lowest BCUT2D eigenvalue weighted by molar-refractivity contribution is 0.0783. The molecule has 5 heteroatoms. The standard InChI is InChI=1S/C9H10ClIN2O/c1-14-6-4-13(5-6)9-8(10)7(11)2-3-12-9/h2-3,6H,4-5H2,1H3. The van der Waals surface area contributed by atoms with Gasteiger partial charge in [-0.1, -0.05) is 11.6 Å². The summed E-state index contributed by atoms with van der Waals surface area (Å²) in [5, 5.41) is 0.739. The third-order valence-electron chi connectivity index (χ3n) is 2.30. The summed E-state index contributed by atoms with van der Waals surface area (Å²) in [7, 11) is 1.73. The first kappa shape index (κ1) is 10.4. The van der Waals surface area contributed by atoms with Crippen molar-refractivity contribution in [1.29, 1.82) is 0 Å². The van der Waals surface area contributed by atoms with Crippen LogP contribution in [0.4, 0.5) is 5.82 Å². The molecule has 0 saturated carbocycles. The molecule has 1 aliphatic rings. The summed E-state index contributed by atoms with van der Waals surface area (Å²) in [4.78, 5) is 6.39. The molecular formula is C9H10ClIN2O. The smallest absolute Gasteiger partial charge is 0.148 e. The number of halogens is 2. The Kier molecular flexibility index (Phi) is 3.14. The number of pyridine rings is 1. The molecule has 0 aromatic carbocycles. The predicted molar refractivity (Wildman–Crippen MR) is 65.0 cm³/mol. The quantitative estimate of drug-likeness (QED) is 0.780. The highest BCUT2D eigenvalue weighted by atomic mass is 127. The number of aromatic nitrogens is 1. The normalized spacial score (nSPS) is 16.9. The first-order chi connectivity index (χ1) is 6.72. The minimum Gasteiger partial charge on any atom is -0.378 e. The fraction of sp³-hybridized carbons (Fsp3) is 0.444. The van der Waals surface area contributed by atoms with E-state index in [1.165, 1.54) is 0 Å². The third kappa shape index (κ3) is 1.83. The molecule has 0 spiro atoms. The second-order valence-corrected chi connectivity index (χ2v) is 4.73. The van der Waals surface area contributed by atoms with Gasteiger partial charge in [0, 0.05) is 30.0 Å². The Bertz CT molecular complexity index is 342. The van der Waals surface area contributed by atoms with Gasteiger partial charge in [-0.05, 0) is 28.7 Å². The van der Waals surface area contributed by atoms with E-state index >= 15 is 0 Å². The van der Waals surface area contributed by atoms with Gasteiger partial charge in [-0.3, -0.25) is 0 Å². The third-order valence-corrected chi connectivity index (χ3v) is 3.90. The topological polar surface area (TPSA) is 25.4 Å². The number of hydrogen-bond donors (Lipinski definition) is 0. The molecule has 0 unspecified atom stereocenters. The Balaban J connectivity index is 2.14. The second-order valence-electron chi connectivity index (χ2n) is 3.19. The van der Waals surface area contributed by atoms with Crippen molar-refractivity contribution in [3.8, 4) is 0 Å². The van der Waals surface area contributed by atoms with Crippen LogP contribution in [-0.4, -0.2) is 31.3 Å². The minimum atomic E-state index is 0.325. The SMILES string of the molecule is COC1CN(c2nccc(I)c2Cl)C1. The van der Waals surface area contributed by atoms with Crippen molar-refractivity contribution in [3.05, 3.63) is 20.9 Å². The van der Waals surface area contributed by atoms with Gasteiger partial charge in [-0.15, -0.1) is 0 Å². The minimum absolute atomic E-state index is 0.325. The highest BCUT2D eigenvalue weighted by Gasteiger charge is 2.29. The van der Waals surface area contributed by atoms with Crippen molar-refractivity contribution in [2.24, 2.45) is 0 Å². The first-order valence-electron chi connectivity index (χ1n) is 4.30. The van der Waals surface area contributed by atoms with Crippen molar-refractivity contribution >= 4 is 40.0 Å². The Labute approximate surface area is 102 Å². The van der Waals surface area contributed by atoms with E-state index in [0.29, 0.717) is 6.10 Å². The van der Waals surface area contributed by atoms with E-state index < -0.39 is 0 Å². The summed E-state index contributed by atoms with van der Waals surface area (Å²) < 4.78 is 6.23. The van der Waals surface area contributed by atoms with Gasteiger partial charge in [0.25, 0.3) is 0 Å². The molecule has 3 nitrogen and oxygen atoms in total. The molecule has 1 saturated heterocycles. The zero-order valence-corrected chi connectivity index (χ0v) is 10.6. The lowest BCUT2D eigenvalue weighted by atomic mass is 10.1. The molecular weight excluding hydrogens is 314 g/mol. The number of methoxy groups -OCH3 is 1. The van der Waals surface area contributed by atoms with Crippen LogP contribution in [0.5, 0.6) is 0 Å². The van der Waals surface area contributed by atoms with Gasteiger partial charge >= 0.3 is 0 Å². The zero-order chi connectivity index (χ0) is 10.1. The number of rotatable bonds is 2. The fourth-order valence-electron chi connectivity index (χ4n) is 1.39. The molecule has 2 heterocycles. The van der Waals surface area contributed by atoms with Crippen LogP contribution in [-0.2, 0) is 4.74 Å². The molecule has 1 aliphatic heterocycles. The largest absolute Gasteiger partial charge is 0.378 e. The van der Waals surface area contributed by atoms with Crippen LogP contribution in [0, 0.1) is 3.57 Å². The predicted octanol–water partition coefficient (Wildman–Crippen LogP) is 2.17. The fourth-order valence-corrected chi connectivity index (χ4v) is 2.02. The maximum atomic E-state index is 6.14. The van der Waals surface area contributed by atoms with E-state index in [0.717, 1.165) is 27.5 Å². The molecule has 14 heavy (non-hydrogen) atoms. The van der Waals surface area contributed by atoms with Crippen LogP contribution in [0.1, 0.15) is 0 Å². The maximum absolute atomic E-state index is 6.14. The average molecular weight is 325 g/mol. The van der Waals surface area contributed by atoms with E-state index in [1.807, 2.05) is 6.07 Å². The summed E-state index contributed by atoms with van der Waals surface area (Å²) >= 11 is 8.35. The lowest BCUT2D eigenvalue weighted by Gasteiger charge is -2.39. The molecule has 2 rings (SSSR count).